The Kier molecular flexibility index (Phi) is 3.67. The second-order valence-corrected chi connectivity index (χ2v) is 4.62. The number of benzene rings is 1. The predicted octanol–water partition coefficient (Wildman–Crippen LogP) is 2.11. The van der Waals surface area contributed by atoms with Gasteiger partial charge in [0.05, 0.1) is 0 Å². The average Bonchev–Trinajstić information content (AvgIpc) is 2.35. The number of rotatable bonds is 4. The van der Waals surface area contributed by atoms with E-state index in [-0.39, 0.29) is 5.75 Å². The van der Waals surface area contributed by atoms with Crippen molar-refractivity contribution in [2.75, 3.05) is 18.0 Å². The first kappa shape index (κ1) is 12.6. The SMILES string of the molecule is CC(C)N(CCN)c1nccc2ccc(O)cc12. The molecule has 0 amide bonds. The summed E-state index contributed by atoms with van der Waals surface area (Å²) in [6.45, 7) is 5.55. The molecule has 0 radical (unpaired) electrons. The van der Waals surface area contributed by atoms with E-state index in [0.717, 1.165) is 23.1 Å². The number of anilines is 1. The quantitative estimate of drug-likeness (QED) is 0.866. The van der Waals surface area contributed by atoms with Gasteiger partial charge in [-0.15, -0.1) is 0 Å². The third-order valence-corrected chi connectivity index (χ3v) is 2.99. The van der Waals surface area contributed by atoms with Crippen LogP contribution in [0.15, 0.2) is 30.5 Å². The molecular weight excluding hydrogens is 226 g/mol. The molecule has 0 bridgehead atoms. The molecule has 4 heteroatoms. The van der Waals surface area contributed by atoms with Crippen LogP contribution in [0.25, 0.3) is 10.8 Å². The van der Waals surface area contributed by atoms with Crippen molar-refractivity contribution in [2.45, 2.75) is 19.9 Å². The summed E-state index contributed by atoms with van der Waals surface area (Å²) >= 11 is 0. The van der Waals surface area contributed by atoms with Gasteiger partial charge in [0.2, 0.25) is 0 Å². The minimum Gasteiger partial charge on any atom is -0.508 e. The molecule has 0 saturated heterocycles. The Bertz CT molecular complexity index is 540. The number of aromatic nitrogens is 1. The Labute approximate surface area is 107 Å². The van der Waals surface area contributed by atoms with Crippen molar-refractivity contribution in [3.05, 3.63) is 30.5 Å². The van der Waals surface area contributed by atoms with E-state index < -0.39 is 0 Å². The van der Waals surface area contributed by atoms with Crippen LogP contribution in [-0.4, -0.2) is 29.2 Å². The molecule has 1 aromatic carbocycles. The van der Waals surface area contributed by atoms with Gasteiger partial charge in [-0.1, -0.05) is 6.07 Å². The lowest BCUT2D eigenvalue weighted by atomic mass is 10.1. The third-order valence-electron chi connectivity index (χ3n) is 2.99. The maximum Gasteiger partial charge on any atom is 0.136 e. The van der Waals surface area contributed by atoms with Gasteiger partial charge < -0.3 is 15.7 Å². The Morgan fingerprint density at radius 1 is 1.33 bits per heavy atom. The van der Waals surface area contributed by atoms with Crippen LogP contribution in [0, 0.1) is 0 Å². The average molecular weight is 245 g/mol. The Balaban J connectivity index is 2.57. The summed E-state index contributed by atoms with van der Waals surface area (Å²) in [6, 6.07) is 7.60. The summed E-state index contributed by atoms with van der Waals surface area (Å²) in [5, 5.41) is 11.7. The van der Waals surface area contributed by atoms with Crippen molar-refractivity contribution < 1.29 is 5.11 Å². The Morgan fingerprint density at radius 3 is 2.78 bits per heavy atom. The topological polar surface area (TPSA) is 62.4 Å². The molecular formula is C14H19N3O. The van der Waals surface area contributed by atoms with Crippen LogP contribution in [0.1, 0.15) is 13.8 Å². The van der Waals surface area contributed by atoms with Crippen LogP contribution in [0.2, 0.25) is 0 Å². The van der Waals surface area contributed by atoms with Gasteiger partial charge in [-0.2, -0.15) is 0 Å². The number of pyridine rings is 1. The summed E-state index contributed by atoms with van der Waals surface area (Å²) in [6.07, 6.45) is 1.79. The van der Waals surface area contributed by atoms with Crippen molar-refractivity contribution in [2.24, 2.45) is 5.73 Å². The van der Waals surface area contributed by atoms with Crippen molar-refractivity contribution in [3.8, 4) is 5.75 Å². The maximum atomic E-state index is 9.63. The molecule has 18 heavy (non-hydrogen) atoms. The second kappa shape index (κ2) is 5.23. The summed E-state index contributed by atoms with van der Waals surface area (Å²) in [4.78, 5) is 6.60. The van der Waals surface area contributed by atoms with E-state index in [2.05, 4.69) is 23.7 Å². The fraction of sp³-hybridized carbons (Fsp3) is 0.357. The number of hydrogen-bond acceptors (Lipinski definition) is 4. The minimum absolute atomic E-state index is 0.258. The highest BCUT2D eigenvalue weighted by Crippen LogP contribution is 2.28. The van der Waals surface area contributed by atoms with E-state index in [0.29, 0.717) is 12.6 Å². The lowest BCUT2D eigenvalue weighted by Gasteiger charge is -2.28. The van der Waals surface area contributed by atoms with Crippen LogP contribution < -0.4 is 10.6 Å². The molecule has 0 saturated carbocycles. The van der Waals surface area contributed by atoms with Gasteiger partial charge in [0.15, 0.2) is 0 Å². The number of aromatic hydroxyl groups is 1. The molecule has 0 aliphatic rings. The molecule has 96 valence electrons. The molecule has 0 spiro atoms. The van der Waals surface area contributed by atoms with Crippen LogP contribution in [-0.2, 0) is 0 Å². The number of hydrogen-bond donors (Lipinski definition) is 2. The Morgan fingerprint density at radius 2 is 2.11 bits per heavy atom. The predicted molar refractivity (Wildman–Crippen MR) is 74.9 cm³/mol. The first-order chi connectivity index (χ1) is 8.63. The molecule has 2 aromatic rings. The van der Waals surface area contributed by atoms with Gasteiger partial charge in [0.25, 0.3) is 0 Å². The van der Waals surface area contributed by atoms with Crippen molar-refractivity contribution in [3.63, 3.8) is 0 Å². The number of fused-ring (bicyclic) bond motifs is 1. The summed E-state index contributed by atoms with van der Waals surface area (Å²) in [7, 11) is 0. The van der Waals surface area contributed by atoms with E-state index >= 15 is 0 Å². The van der Waals surface area contributed by atoms with Crippen molar-refractivity contribution in [1.82, 2.24) is 4.98 Å². The number of nitrogens with two attached hydrogens (primary N) is 1. The fourth-order valence-corrected chi connectivity index (χ4v) is 2.12. The Hall–Kier alpha value is -1.81. The standard InChI is InChI=1S/C14H19N3O/c1-10(2)17(8-6-15)14-13-9-12(18)4-3-11(13)5-7-16-14/h3-5,7,9-10,18H,6,8,15H2,1-2H3. The van der Waals surface area contributed by atoms with Crippen LogP contribution >= 0.6 is 0 Å². The normalized spacial score (nSPS) is 11.1. The molecule has 0 atom stereocenters. The van der Waals surface area contributed by atoms with Gasteiger partial charge in [-0.25, -0.2) is 4.98 Å². The molecule has 0 fully saturated rings. The lowest BCUT2D eigenvalue weighted by Crippen LogP contribution is -2.36. The van der Waals surface area contributed by atoms with Gasteiger partial charge in [-0.3, -0.25) is 0 Å². The fourth-order valence-electron chi connectivity index (χ4n) is 2.12. The monoisotopic (exact) mass is 245 g/mol. The molecule has 0 aliphatic carbocycles. The van der Waals surface area contributed by atoms with Crippen LogP contribution in [0.4, 0.5) is 5.82 Å². The van der Waals surface area contributed by atoms with Crippen molar-refractivity contribution in [1.29, 1.82) is 0 Å². The smallest absolute Gasteiger partial charge is 0.136 e. The third kappa shape index (κ3) is 2.38. The molecule has 0 aliphatic heterocycles. The van der Waals surface area contributed by atoms with E-state index in [1.807, 2.05) is 12.1 Å². The van der Waals surface area contributed by atoms with Crippen LogP contribution in [0.5, 0.6) is 5.75 Å². The molecule has 1 aromatic heterocycles. The highest BCUT2D eigenvalue weighted by Gasteiger charge is 2.14. The highest BCUT2D eigenvalue weighted by molar-refractivity contribution is 5.93. The molecule has 2 rings (SSSR count). The number of phenols is 1. The van der Waals surface area contributed by atoms with Gasteiger partial charge in [0.1, 0.15) is 11.6 Å². The first-order valence-corrected chi connectivity index (χ1v) is 6.18. The first-order valence-electron chi connectivity index (χ1n) is 6.18. The van der Waals surface area contributed by atoms with Crippen molar-refractivity contribution >= 4 is 16.6 Å². The zero-order chi connectivity index (χ0) is 13.1. The molecule has 4 nitrogen and oxygen atoms in total. The van der Waals surface area contributed by atoms with E-state index in [4.69, 9.17) is 5.73 Å². The maximum absolute atomic E-state index is 9.63. The van der Waals surface area contributed by atoms with Gasteiger partial charge in [-0.05, 0) is 37.4 Å². The van der Waals surface area contributed by atoms with Gasteiger partial charge >= 0.3 is 0 Å². The van der Waals surface area contributed by atoms with Crippen LogP contribution in [0.3, 0.4) is 0 Å². The summed E-state index contributed by atoms with van der Waals surface area (Å²) in [5.41, 5.74) is 5.66. The summed E-state index contributed by atoms with van der Waals surface area (Å²) < 4.78 is 0. The molecule has 1 heterocycles. The number of nitrogens with zero attached hydrogens (tertiary/aromatic N) is 2. The van der Waals surface area contributed by atoms with Gasteiger partial charge in [0, 0.05) is 30.7 Å². The molecule has 0 unspecified atom stereocenters. The summed E-state index contributed by atoms with van der Waals surface area (Å²) in [5.74, 6) is 1.14. The molecule has 3 N–H and O–H groups in total. The van der Waals surface area contributed by atoms with E-state index in [1.165, 1.54) is 0 Å². The zero-order valence-corrected chi connectivity index (χ0v) is 10.8. The minimum atomic E-state index is 0.258. The van der Waals surface area contributed by atoms with E-state index in [1.54, 1.807) is 18.3 Å². The number of phenolic OH excluding ortho intramolecular Hbond substituents is 1. The second-order valence-electron chi connectivity index (χ2n) is 4.62. The zero-order valence-electron chi connectivity index (χ0n) is 10.8. The largest absolute Gasteiger partial charge is 0.508 e. The highest BCUT2D eigenvalue weighted by atomic mass is 16.3. The van der Waals surface area contributed by atoms with E-state index in [9.17, 15) is 5.11 Å². The lowest BCUT2D eigenvalue weighted by molar-refractivity contribution is 0.476.